The number of nitrogens with one attached hydrogen (secondary N) is 2. The van der Waals surface area contributed by atoms with Gasteiger partial charge < -0.3 is 31.9 Å². The second-order valence-electron chi connectivity index (χ2n) is 9.46. The molecule has 3 amide bonds. The number of methoxy groups -OCH3 is 1. The molecule has 0 saturated carbocycles. The highest BCUT2D eigenvalue weighted by atomic mass is 35.5. The number of ether oxygens (including phenoxy) is 1. The Labute approximate surface area is 251 Å². The van der Waals surface area contributed by atoms with Crippen molar-refractivity contribution < 1.29 is 24.2 Å². The third-order valence-electron chi connectivity index (χ3n) is 6.61. The molecule has 0 saturated heterocycles. The first-order valence-electron chi connectivity index (χ1n) is 13.0. The van der Waals surface area contributed by atoms with Crippen LogP contribution >= 0.6 is 11.6 Å². The molecular formula is C29H30ClN7O6. The minimum Gasteiger partial charge on any atom is -0.495 e. The van der Waals surface area contributed by atoms with Gasteiger partial charge in [0.1, 0.15) is 11.8 Å². The molecule has 7 N–H and O–H groups in total. The topological polar surface area (TPSA) is 215 Å². The first-order chi connectivity index (χ1) is 20.5. The van der Waals surface area contributed by atoms with Crippen LogP contribution < -0.4 is 32.4 Å². The van der Waals surface area contributed by atoms with Crippen molar-refractivity contribution >= 4 is 40.8 Å². The maximum atomic E-state index is 13.8. The van der Waals surface area contributed by atoms with Gasteiger partial charge in [0.15, 0.2) is 0 Å². The van der Waals surface area contributed by atoms with E-state index in [2.05, 4.69) is 21.7 Å². The third kappa shape index (κ3) is 7.90. The zero-order chi connectivity index (χ0) is 31.7. The van der Waals surface area contributed by atoms with Crippen molar-refractivity contribution in [3.05, 3.63) is 81.6 Å². The highest BCUT2D eigenvalue weighted by molar-refractivity contribution is 6.31. The molecule has 0 aliphatic heterocycles. The highest BCUT2D eigenvalue weighted by Crippen LogP contribution is 2.34. The van der Waals surface area contributed by atoms with Crippen LogP contribution in [-0.4, -0.2) is 46.2 Å². The molecule has 43 heavy (non-hydrogen) atoms. The molecule has 2 aromatic heterocycles. The summed E-state index contributed by atoms with van der Waals surface area (Å²) < 4.78 is 6.80. The van der Waals surface area contributed by atoms with E-state index in [4.69, 9.17) is 32.9 Å². The Bertz CT molecular complexity index is 1660. The molecular weight excluding hydrogens is 578 g/mol. The fraction of sp³-hybridized carbons (Fsp3) is 0.241. The summed E-state index contributed by atoms with van der Waals surface area (Å²) >= 11 is 6.17. The van der Waals surface area contributed by atoms with Gasteiger partial charge in [-0.05, 0) is 49.1 Å². The number of halogens is 1. The van der Waals surface area contributed by atoms with Gasteiger partial charge in [0, 0.05) is 46.8 Å². The summed E-state index contributed by atoms with van der Waals surface area (Å²) in [6.45, 7) is 1.90. The van der Waals surface area contributed by atoms with E-state index in [1.807, 2.05) is 0 Å². The van der Waals surface area contributed by atoms with Crippen LogP contribution in [0.1, 0.15) is 37.1 Å². The zero-order valence-electron chi connectivity index (χ0n) is 23.3. The van der Waals surface area contributed by atoms with Gasteiger partial charge in [0.25, 0.3) is 11.5 Å². The molecule has 0 aliphatic rings. The Morgan fingerprint density at radius 3 is 2.60 bits per heavy atom. The predicted molar refractivity (Wildman–Crippen MR) is 160 cm³/mol. The summed E-state index contributed by atoms with van der Waals surface area (Å²) in [6, 6.07) is 9.77. The predicted octanol–water partition coefficient (Wildman–Crippen LogP) is 3.09. The van der Waals surface area contributed by atoms with Gasteiger partial charge in [-0.25, -0.2) is 4.79 Å². The van der Waals surface area contributed by atoms with Gasteiger partial charge in [-0.1, -0.05) is 18.5 Å². The molecule has 224 valence electrons. The van der Waals surface area contributed by atoms with Crippen LogP contribution in [0.4, 0.5) is 10.5 Å². The van der Waals surface area contributed by atoms with Crippen LogP contribution in [0, 0.1) is 17.2 Å². The number of rotatable bonds is 12. The molecule has 0 spiro atoms. The second-order valence-corrected chi connectivity index (χ2v) is 9.90. The minimum atomic E-state index is -1.17. The number of carboxylic acid groups (broad SMARTS) is 1. The lowest BCUT2D eigenvalue weighted by molar-refractivity contribution is -0.120. The first-order valence-corrected chi connectivity index (χ1v) is 13.3. The molecule has 2 heterocycles. The number of hydrogen-bond donors (Lipinski definition) is 5. The highest BCUT2D eigenvalue weighted by Gasteiger charge is 2.29. The quantitative estimate of drug-likeness (QED) is 0.151. The normalized spacial score (nSPS) is 12.5. The van der Waals surface area contributed by atoms with Crippen molar-refractivity contribution in [3.8, 4) is 22.9 Å². The number of pyridine rings is 2. The summed E-state index contributed by atoms with van der Waals surface area (Å²) in [5.41, 5.74) is 11.6. The summed E-state index contributed by atoms with van der Waals surface area (Å²) in [5.74, 6) is -1.65. The number of amides is 3. The maximum absolute atomic E-state index is 13.8. The van der Waals surface area contributed by atoms with Gasteiger partial charge in [-0.3, -0.25) is 23.9 Å². The Morgan fingerprint density at radius 1 is 1.23 bits per heavy atom. The van der Waals surface area contributed by atoms with Crippen molar-refractivity contribution in [2.45, 2.75) is 25.8 Å². The SMILES string of the molecule is COc1cn(C(C(=O)Nc2ccnc(C(=CN)C(N)=O)c2)C(C)CCCNC(=O)O)c(=O)cc1-c1cc(Cl)ccc1C#N. The van der Waals surface area contributed by atoms with Crippen LogP contribution in [0.15, 0.2) is 59.8 Å². The fourth-order valence-corrected chi connectivity index (χ4v) is 4.73. The molecule has 0 aliphatic carbocycles. The van der Waals surface area contributed by atoms with Gasteiger partial charge in [0.05, 0.1) is 36.2 Å². The largest absolute Gasteiger partial charge is 0.495 e. The second kappa shape index (κ2) is 14.5. The number of anilines is 1. The van der Waals surface area contributed by atoms with E-state index in [0.717, 1.165) is 6.20 Å². The molecule has 2 atom stereocenters. The molecule has 3 rings (SSSR count). The van der Waals surface area contributed by atoms with Crippen LogP contribution in [0.5, 0.6) is 5.75 Å². The van der Waals surface area contributed by atoms with Crippen molar-refractivity contribution in [2.24, 2.45) is 17.4 Å². The van der Waals surface area contributed by atoms with Crippen LogP contribution in [0.25, 0.3) is 16.7 Å². The third-order valence-corrected chi connectivity index (χ3v) is 6.85. The number of aromatic nitrogens is 2. The fourth-order valence-electron chi connectivity index (χ4n) is 4.56. The number of nitrogens with two attached hydrogens (primary N) is 2. The first kappa shape index (κ1) is 32.2. The number of benzene rings is 1. The average Bonchev–Trinajstić information content (AvgIpc) is 2.96. The molecule has 0 radical (unpaired) electrons. The van der Waals surface area contributed by atoms with E-state index in [1.165, 1.54) is 48.3 Å². The number of carbonyl (C=O) groups excluding carboxylic acids is 2. The Balaban J connectivity index is 2.07. The van der Waals surface area contributed by atoms with Crippen LogP contribution in [-0.2, 0) is 9.59 Å². The molecule has 1 aromatic carbocycles. The van der Waals surface area contributed by atoms with E-state index in [1.54, 1.807) is 19.1 Å². The van der Waals surface area contributed by atoms with E-state index < -0.39 is 35.4 Å². The van der Waals surface area contributed by atoms with Crippen molar-refractivity contribution in [1.29, 1.82) is 5.26 Å². The number of primary amides is 1. The number of nitrogens with zero attached hydrogens (tertiary/aromatic N) is 3. The molecule has 13 nitrogen and oxygen atoms in total. The van der Waals surface area contributed by atoms with E-state index >= 15 is 0 Å². The van der Waals surface area contributed by atoms with E-state index in [-0.39, 0.29) is 34.8 Å². The smallest absolute Gasteiger partial charge is 0.404 e. The van der Waals surface area contributed by atoms with Gasteiger partial charge in [-0.15, -0.1) is 0 Å². The maximum Gasteiger partial charge on any atom is 0.404 e. The Morgan fingerprint density at radius 2 is 1.98 bits per heavy atom. The molecule has 3 aromatic rings. The average molecular weight is 608 g/mol. The summed E-state index contributed by atoms with van der Waals surface area (Å²) in [5, 5.41) is 23.9. The standard InChI is InChI=1S/C29H30ClN7O6/c1-16(4-3-8-35-29(41)42)26(28(40)36-19-7-9-34-23(11-19)22(14-32)27(33)39)37-15-24(43-2)21(12-25(37)38)20-10-18(30)6-5-17(20)13-31/h5-7,9-12,14-16,26,35H,3-4,8,32H2,1-2H3,(H2,33,39)(H,41,42)(H,34,36,40). The summed E-state index contributed by atoms with van der Waals surface area (Å²) in [4.78, 5) is 54.1. The lowest BCUT2D eigenvalue weighted by atomic mass is 9.94. The summed E-state index contributed by atoms with van der Waals surface area (Å²) in [7, 11) is 1.39. The van der Waals surface area contributed by atoms with Crippen LogP contribution in [0.2, 0.25) is 5.02 Å². The van der Waals surface area contributed by atoms with Gasteiger partial charge >= 0.3 is 6.09 Å². The van der Waals surface area contributed by atoms with E-state index in [0.29, 0.717) is 29.0 Å². The molecule has 0 bridgehead atoms. The molecule has 14 heteroatoms. The van der Waals surface area contributed by atoms with Crippen molar-refractivity contribution in [1.82, 2.24) is 14.9 Å². The van der Waals surface area contributed by atoms with Crippen LogP contribution in [0.3, 0.4) is 0 Å². The molecule has 0 fully saturated rings. The summed E-state index contributed by atoms with van der Waals surface area (Å²) in [6.07, 6.45) is 3.33. The zero-order valence-corrected chi connectivity index (χ0v) is 24.1. The number of hydrogen-bond acceptors (Lipinski definition) is 8. The van der Waals surface area contributed by atoms with Crippen molar-refractivity contribution in [3.63, 3.8) is 0 Å². The minimum absolute atomic E-state index is 0.0544. The Hall–Kier alpha value is -5.35. The number of nitriles is 1. The lowest BCUT2D eigenvalue weighted by Crippen LogP contribution is -2.37. The van der Waals surface area contributed by atoms with Gasteiger partial charge in [0.2, 0.25) is 5.91 Å². The van der Waals surface area contributed by atoms with Gasteiger partial charge in [-0.2, -0.15) is 5.26 Å². The van der Waals surface area contributed by atoms with E-state index in [9.17, 15) is 24.4 Å². The van der Waals surface area contributed by atoms with Crippen molar-refractivity contribution in [2.75, 3.05) is 19.0 Å². The monoisotopic (exact) mass is 607 g/mol. The lowest BCUT2D eigenvalue weighted by Gasteiger charge is -2.26. The molecule has 2 unspecified atom stereocenters. The Kier molecular flexibility index (Phi) is 10.9. The number of carbonyl (C=O) groups is 3.